The number of hydrogen-bond acceptors (Lipinski definition) is 3. The number of hydrogen-bond donors (Lipinski definition) is 4. The number of aryl methyl sites for hydroxylation is 1. The molecule has 0 spiro atoms. The Bertz CT molecular complexity index is 657. The van der Waals surface area contributed by atoms with Crippen LogP contribution >= 0.6 is 7.75 Å². The lowest BCUT2D eigenvalue weighted by Crippen LogP contribution is -2.18. The van der Waals surface area contributed by atoms with E-state index in [9.17, 15) is 14.8 Å². The largest absolute Gasteiger partial charge is 0.512 e. The molecule has 0 heterocycles. The summed E-state index contributed by atoms with van der Waals surface area (Å²) in [6.45, 7) is 0. The van der Waals surface area contributed by atoms with E-state index in [2.05, 4.69) is 4.76 Å². The van der Waals surface area contributed by atoms with E-state index >= 15 is 0 Å². The molecule has 1 aromatic carbocycles. The number of phenolic OH excluding ortho intramolecular Hbond substituents is 1. The van der Waals surface area contributed by atoms with Crippen LogP contribution in [0, 0.1) is 5.92 Å². The van der Waals surface area contributed by atoms with Crippen molar-refractivity contribution in [1.29, 1.82) is 0 Å². The SMILES string of the molecule is O=P(O)(O)/N=C1\C=CC=C(O)C1CCCc1ccc(O)cc1. The molecule has 0 saturated heterocycles. The van der Waals surface area contributed by atoms with E-state index in [0.717, 1.165) is 12.0 Å². The maximum Gasteiger partial charge on any atom is 0.448 e. The number of rotatable bonds is 5. The minimum absolute atomic E-state index is 0.0559. The monoisotopic (exact) mass is 323 g/mol. The van der Waals surface area contributed by atoms with Crippen molar-refractivity contribution in [3.05, 3.63) is 53.8 Å². The highest BCUT2D eigenvalue weighted by atomic mass is 31.2. The summed E-state index contributed by atoms with van der Waals surface area (Å²) < 4.78 is 14.4. The first-order valence-corrected chi connectivity index (χ1v) is 8.42. The van der Waals surface area contributed by atoms with Crippen LogP contribution in [-0.4, -0.2) is 25.7 Å². The fourth-order valence-electron chi connectivity index (χ4n) is 2.35. The van der Waals surface area contributed by atoms with E-state index in [1.165, 1.54) is 18.2 Å². The van der Waals surface area contributed by atoms with Crippen LogP contribution in [0.4, 0.5) is 0 Å². The van der Waals surface area contributed by atoms with Crippen LogP contribution in [-0.2, 0) is 11.0 Å². The van der Waals surface area contributed by atoms with Crippen molar-refractivity contribution in [2.75, 3.05) is 0 Å². The Kier molecular flexibility index (Phi) is 5.19. The topological polar surface area (TPSA) is 110 Å². The van der Waals surface area contributed by atoms with Gasteiger partial charge < -0.3 is 20.0 Å². The van der Waals surface area contributed by atoms with Gasteiger partial charge in [0.25, 0.3) is 0 Å². The molecular formula is C15H18NO5P. The fraction of sp³-hybridized carbons (Fsp3) is 0.267. The molecule has 0 radical (unpaired) electrons. The predicted octanol–water partition coefficient (Wildman–Crippen LogP) is 2.88. The summed E-state index contributed by atoms with van der Waals surface area (Å²) >= 11 is 0. The van der Waals surface area contributed by atoms with E-state index in [1.807, 2.05) is 12.1 Å². The Morgan fingerprint density at radius 1 is 1.14 bits per heavy atom. The molecule has 2 rings (SSSR count). The van der Waals surface area contributed by atoms with Crippen molar-refractivity contribution in [2.45, 2.75) is 19.3 Å². The number of aliphatic hydroxyl groups excluding tert-OH is 1. The van der Waals surface area contributed by atoms with Crippen LogP contribution < -0.4 is 0 Å². The van der Waals surface area contributed by atoms with Gasteiger partial charge in [0.2, 0.25) is 0 Å². The molecule has 1 aliphatic rings. The molecule has 0 aliphatic heterocycles. The van der Waals surface area contributed by atoms with Gasteiger partial charge in [-0.3, -0.25) is 0 Å². The number of nitrogens with zero attached hydrogens (tertiary/aromatic N) is 1. The second-order valence-corrected chi connectivity index (χ2v) is 6.33. The quantitative estimate of drug-likeness (QED) is 0.623. The summed E-state index contributed by atoms with van der Waals surface area (Å²) in [5, 5.41) is 19.1. The number of phenols is 1. The maximum atomic E-state index is 11.0. The van der Waals surface area contributed by atoms with Crippen molar-refractivity contribution >= 4 is 13.5 Å². The van der Waals surface area contributed by atoms with Crippen LogP contribution in [0.25, 0.3) is 0 Å². The van der Waals surface area contributed by atoms with Crippen LogP contribution in [0.3, 0.4) is 0 Å². The third kappa shape index (κ3) is 4.84. The van der Waals surface area contributed by atoms with Crippen LogP contribution in [0.1, 0.15) is 18.4 Å². The first-order chi connectivity index (χ1) is 10.3. The van der Waals surface area contributed by atoms with Gasteiger partial charge in [0.1, 0.15) is 11.5 Å². The molecule has 0 saturated carbocycles. The normalized spacial score (nSPS) is 20.2. The Morgan fingerprint density at radius 2 is 1.82 bits per heavy atom. The number of aromatic hydroxyl groups is 1. The Morgan fingerprint density at radius 3 is 2.45 bits per heavy atom. The highest BCUT2D eigenvalue weighted by Gasteiger charge is 2.24. The summed E-state index contributed by atoms with van der Waals surface area (Å²) in [7, 11) is -4.52. The van der Waals surface area contributed by atoms with Gasteiger partial charge >= 0.3 is 7.75 Å². The first-order valence-electron chi connectivity index (χ1n) is 6.86. The summed E-state index contributed by atoms with van der Waals surface area (Å²) in [6, 6.07) is 6.85. The zero-order chi connectivity index (χ0) is 16.2. The third-order valence-corrected chi connectivity index (χ3v) is 3.88. The third-order valence-electron chi connectivity index (χ3n) is 3.39. The Hall–Kier alpha value is -1.88. The number of allylic oxidation sites excluding steroid dienone is 4. The summed E-state index contributed by atoms with van der Waals surface area (Å²) in [4.78, 5) is 17.9. The maximum absolute atomic E-state index is 11.0. The minimum atomic E-state index is -4.52. The van der Waals surface area contributed by atoms with E-state index in [4.69, 9.17) is 9.79 Å². The molecule has 1 aromatic rings. The van der Waals surface area contributed by atoms with Gasteiger partial charge in [0.15, 0.2) is 0 Å². The van der Waals surface area contributed by atoms with Crippen molar-refractivity contribution in [1.82, 2.24) is 0 Å². The zero-order valence-corrected chi connectivity index (χ0v) is 12.7. The van der Waals surface area contributed by atoms with Crippen molar-refractivity contribution in [2.24, 2.45) is 10.7 Å². The molecule has 0 fully saturated rings. The van der Waals surface area contributed by atoms with Gasteiger partial charge in [-0.25, -0.2) is 4.57 Å². The second kappa shape index (κ2) is 6.92. The van der Waals surface area contributed by atoms with Crippen LogP contribution in [0.5, 0.6) is 5.75 Å². The molecule has 0 amide bonds. The molecule has 4 N–H and O–H groups in total. The van der Waals surface area contributed by atoms with E-state index in [-0.39, 0.29) is 17.2 Å². The fourth-order valence-corrected chi connectivity index (χ4v) is 2.86. The van der Waals surface area contributed by atoms with Crippen molar-refractivity contribution in [3.8, 4) is 5.75 Å². The molecule has 22 heavy (non-hydrogen) atoms. The van der Waals surface area contributed by atoms with Gasteiger partial charge in [-0.15, -0.1) is 0 Å². The zero-order valence-electron chi connectivity index (χ0n) is 11.8. The van der Waals surface area contributed by atoms with Gasteiger partial charge in [-0.05, 0) is 49.1 Å². The minimum Gasteiger partial charge on any atom is -0.512 e. The van der Waals surface area contributed by atoms with Crippen LogP contribution in [0.2, 0.25) is 0 Å². The standard InChI is InChI=1S/C15H18NO5P/c17-12-9-7-11(8-10-12)3-1-4-13-14(16-22(19,20)21)5-2-6-15(13)18/h2,5-10,13,17-18H,1,3-4H2,(H2,19,20,21)/b16-14+. The average molecular weight is 323 g/mol. The molecule has 1 atom stereocenters. The molecule has 6 nitrogen and oxygen atoms in total. The van der Waals surface area contributed by atoms with E-state index < -0.39 is 13.7 Å². The van der Waals surface area contributed by atoms with Crippen molar-refractivity contribution in [3.63, 3.8) is 0 Å². The number of aliphatic hydroxyl groups is 1. The molecule has 1 aliphatic carbocycles. The molecule has 0 aromatic heterocycles. The van der Waals surface area contributed by atoms with Gasteiger partial charge in [-0.2, -0.15) is 4.76 Å². The summed E-state index contributed by atoms with van der Waals surface area (Å²) in [5.41, 5.74) is 1.24. The second-order valence-electron chi connectivity index (χ2n) is 5.10. The molecule has 1 unspecified atom stereocenters. The lowest BCUT2D eigenvalue weighted by molar-refractivity contribution is 0.352. The highest BCUT2D eigenvalue weighted by Crippen LogP contribution is 2.38. The first kappa shape index (κ1) is 16.5. The lowest BCUT2D eigenvalue weighted by Gasteiger charge is -2.19. The van der Waals surface area contributed by atoms with Gasteiger partial charge in [0.05, 0.1) is 11.6 Å². The molecule has 7 heteroatoms. The smallest absolute Gasteiger partial charge is 0.448 e. The van der Waals surface area contributed by atoms with Gasteiger partial charge in [0, 0.05) is 0 Å². The van der Waals surface area contributed by atoms with E-state index in [0.29, 0.717) is 12.8 Å². The molecule has 0 bridgehead atoms. The average Bonchev–Trinajstić information content (AvgIpc) is 2.42. The Labute approximate surface area is 128 Å². The number of benzene rings is 1. The summed E-state index contributed by atoms with van der Waals surface area (Å²) in [6.07, 6.45) is 6.49. The lowest BCUT2D eigenvalue weighted by atomic mass is 9.90. The van der Waals surface area contributed by atoms with Gasteiger partial charge in [-0.1, -0.05) is 18.2 Å². The molecule has 118 valence electrons. The highest BCUT2D eigenvalue weighted by molar-refractivity contribution is 7.50. The van der Waals surface area contributed by atoms with Crippen molar-refractivity contribution < 1.29 is 24.6 Å². The van der Waals surface area contributed by atoms with E-state index in [1.54, 1.807) is 12.1 Å². The van der Waals surface area contributed by atoms with Crippen LogP contribution in [0.15, 0.2) is 53.0 Å². The summed E-state index contributed by atoms with van der Waals surface area (Å²) in [5.74, 6) is -0.243. The Balaban J connectivity index is 2.01. The predicted molar refractivity (Wildman–Crippen MR) is 83.9 cm³/mol. The molecular weight excluding hydrogens is 305 g/mol.